The molecular weight excluding hydrogens is 332 g/mol. The predicted octanol–water partition coefficient (Wildman–Crippen LogP) is 3.84. The Labute approximate surface area is 150 Å². The number of hydrogen-bond acceptors (Lipinski definition) is 4. The van der Waals surface area contributed by atoms with E-state index in [1.165, 1.54) is 9.47 Å². The van der Waals surface area contributed by atoms with Crippen LogP contribution in [-0.4, -0.2) is 29.7 Å². The van der Waals surface area contributed by atoms with Gasteiger partial charge in [-0.25, -0.2) is 4.79 Å². The summed E-state index contributed by atoms with van der Waals surface area (Å²) in [7, 11) is 1.56. The number of para-hydroxylation sites is 1. The first kappa shape index (κ1) is 16.2. The number of amides is 1. The van der Waals surface area contributed by atoms with E-state index < -0.39 is 12.1 Å². The van der Waals surface area contributed by atoms with Crippen molar-refractivity contribution in [2.75, 3.05) is 12.0 Å². The van der Waals surface area contributed by atoms with Gasteiger partial charge in [0.25, 0.3) is 5.91 Å². The van der Waals surface area contributed by atoms with Crippen molar-refractivity contribution in [3.8, 4) is 5.75 Å². The lowest BCUT2D eigenvalue weighted by molar-refractivity contribution is 0.0903. The highest BCUT2D eigenvalue weighted by Gasteiger charge is 2.41. The van der Waals surface area contributed by atoms with Gasteiger partial charge < -0.3 is 9.47 Å². The molecule has 132 valence electrons. The van der Waals surface area contributed by atoms with Crippen LogP contribution in [0, 0.1) is 0 Å². The van der Waals surface area contributed by atoms with E-state index in [2.05, 4.69) is 0 Å². The Kier molecular flexibility index (Phi) is 3.88. The van der Waals surface area contributed by atoms with E-state index in [1.54, 1.807) is 20.1 Å². The van der Waals surface area contributed by atoms with Gasteiger partial charge in [0.2, 0.25) is 0 Å². The number of aromatic nitrogens is 1. The molecule has 0 aliphatic carbocycles. The summed E-state index contributed by atoms with van der Waals surface area (Å²) in [4.78, 5) is 26.9. The normalized spacial score (nSPS) is 16.0. The largest absolute Gasteiger partial charge is 0.495 e. The van der Waals surface area contributed by atoms with Crippen LogP contribution in [0.25, 0.3) is 10.9 Å². The summed E-state index contributed by atoms with van der Waals surface area (Å²) in [6, 6.07) is 16.1. The maximum atomic E-state index is 12.8. The van der Waals surface area contributed by atoms with Gasteiger partial charge in [-0.2, -0.15) is 0 Å². The number of ether oxygens (including phenoxy) is 2. The topological polar surface area (TPSA) is 60.8 Å². The summed E-state index contributed by atoms with van der Waals surface area (Å²) in [5.74, 6) is 0.907. The summed E-state index contributed by atoms with van der Waals surface area (Å²) in [5, 5.41) is 0.834. The lowest BCUT2D eigenvalue weighted by atomic mass is 10.2. The molecule has 1 aliphatic heterocycles. The van der Waals surface area contributed by atoms with Crippen LogP contribution in [0.1, 0.15) is 17.3 Å². The summed E-state index contributed by atoms with van der Waals surface area (Å²) in [5.41, 5.74) is 1.56. The van der Waals surface area contributed by atoms with Gasteiger partial charge in [0.1, 0.15) is 24.2 Å². The fourth-order valence-electron chi connectivity index (χ4n) is 3.31. The molecule has 2 heterocycles. The predicted molar refractivity (Wildman–Crippen MR) is 97.7 cm³/mol. The number of nitrogens with zero attached hydrogens (tertiary/aromatic N) is 2. The maximum absolute atomic E-state index is 12.8. The molecule has 0 radical (unpaired) electrons. The molecule has 1 atom stereocenters. The molecule has 2 aromatic carbocycles. The van der Waals surface area contributed by atoms with E-state index in [0.29, 0.717) is 17.1 Å². The number of methoxy groups -OCH3 is 1. The second kappa shape index (κ2) is 6.22. The zero-order chi connectivity index (χ0) is 18.3. The average molecular weight is 350 g/mol. The summed E-state index contributed by atoms with van der Waals surface area (Å²) >= 11 is 0. The van der Waals surface area contributed by atoms with Crippen molar-refractivity contribution in [2.45, 2.75) is 19.6 Å². The molecule has 0 saturated heterocycles. The third-order valence-corrected chi connectivity index (χ3v) is 4.60. The van der Waals surface area contributed by atoms with Crippen molar-refractivity contribution in [2.24, 2.45) is 0 Å². The Balaban J connectivity index is 1.69. The molecule has 0 saturated carbocycles. The van der Waals surface area contributed by atoms with Crippen molar-refractivity contribution >= 4 is 28.7 Å². The van der Waals surface area contributed by atoms with Gasteiger partial charge >= 0.3 is 6.09 Å². The van der Waals surface area contributed by atoms with Crippen molar-refractivity contribution < 1.29 is 19.1 Å². The Bertz CT molecular complexity index is 994. The van der Waals surface area contributed by atoms with Gasteiger partial charge in [-0.05, 0) is 24.6 Å². The smallest absolute Gasteiger partial charge is 0.416 e. The number of hydrogen-bond donors (Lipinski definition) is 0. The summed E-state index contributed by atoms with van der Waals surface area (Å²) < 4.78 is 12.3. The molecule has 1 amide bonds. The van der Waals surface area contributed by atoms with Crippen molar-refractivity contribution in [3.63, 3.8) is 0 Å². The number of fused-ring (bicyclic) bond motifs is 3. The van der Waals surface area contributed by atoms with Crippen LogP contribution in [0.15, 0.2) is 54.6 Å². The second-order valence-electron chi connectivity index (χ2n) is 6.16. The van der Waals surface area contributed by atoms with E-state index in [4.69, 9.17) is 9.47 Å². The summed E-state index contributed by atoms with van der Waals surface area (Å²) in [6.45, 7) is 1.85. The number of rotatable bonds is 3. The van der Waals surface area contributed by atoms with Gasteiger partial charge in [-0.15, -0.1) is 0 Å². The molecule has 26 heavy (non-hydrogen) atoms. The molecule has 1 aromatic heterocycles. The van der Waals surface area contributed by atoms with E-state index in [-0.39, 0.29) is 12.5 Å². The van der Waals surface area contributed by atoms with Crippen LogP contribution in [0.3, 0.4) is 0 Å². The molecule has 0 bridgehead atoms. The Morgan fingerprint density at radius 2 is 1.88 bits per heavy atom. The van der Waals surface area contributed by atoms with Crippen LogP contribution in [-0.2, 0) is 11.3 Å². The van der Waals surface area contributed by atoms with Crippen LogP contribution in [0.2, 0.25) is 0 Å². The summed E-state index contributed by atoms with van der Waals surface area (Å²) in [6.07, 6.45) is -0.546. The van der Waals surface area contributed by atoms with Crippen molar-refractivity contribution in [1.29, 1.82) is 0 Å². The molecule has 6 heteroatoms. The molecular formula is C20H18N2O4. The molecule has 3 aromatic rings. The van der Waals surface area contributed by atoms with Crippen molar-refractivity contribution in [3.05, 3.63) is 60.2 Å². The Morgan fingerprint density at radius 1 is 1.12 bits per heavy atom. The average Bonchev–Trinajstić information content (AvgIpc) is 3.15. The molecule has 0 spiro atoms. The van der Waals surface area contributed by atoms with Gasteiger partial charge in [0.15, 0.2) is 0 Å². The van der Waals surface area contributed by atoms with E-state index in [0.717, 1.165) is 10.9 Å². The van der Waals surface area contributed by atoms with Crippen molar-refractivity contribution in [1.82, 2.24) is 4.57 Å². The minimum absolute atomic E-state index is 0.153. The number of anilines is 1. The third-order valence-electron chi connectivity index (χ3n) is 4.60. The highest BCUT2D eigenvalue weighted by molar-refractivity contribution is 6.11. The molecule has 1 aliphatic rings. The standard InChI is InChI=1S/C20H18N2O4/c1-13-19(23)22-17(11-15-9-6-10-16(25-2)18(15)22)21(13)20(24)26-12-14-7-4-3-5-8-14/h3-11,13H,12H2,1-2H3/t13-/m0/s1. The van der Waals surface area contributed by atoms with E-state index in [1.807, 2.05) is 48.5 Å². The Hall–Kier alpha value is -3.28. The van der Waals surface area contributed by atoms with E-state index >= 15 is 0 Å². The highest BCUT2D eigenvalue weighted by atomic mass is 16.6. The van der Waals surface area contributed by atoms with Gasteiger partial charge in [0, 0.05) is 5.39 Å². The molecule has 0 N–H and O–H groups in total. The van der Waals surface area contributed by atoms with Crippen LogP contribution in [0.5, 0.6) is 5.75 Å². The van der Waals surface area contributed by atoms with Crippen LogP contribution in [0.4, 0.5) is 10.6 Å². The molecule has 6 nitrogen and oxygen atoms in total. The molecule has 0 fully saturated rings. The Morgan fingerprint density at radius 3 is 2.62 bits per heavy atom. The fraction of sp³-hybridized carbons (Fsp3) is 0.200. The first-order valence-corrected chi connectivity index (χ1v) is 8.34. The quantitative estimate of drug-likeness (QED) is 0.720. The lowest BCUT2D eigenvalue weighted by Gasteiger charge is -2.19. The fourth-order valence-corrected chi connectivity index (χ4v) is 3.31. The first-order chi connectivity index (χ1) is 12.6. The SMILES string of the molecule is COc1cccc2cc3n(c12)C(=O)[C@H](C)N3C(=O)OCc1ccccc1. The minimum atomic E-state index is -0.636. The van der Waals surface area contributed by atoms with Gasteiger partial charge in [0.05, 0.1) is 12.6 Å². The zero-order valence-electron chi connectivity index (χ0n) is 14.5. The number of carbonyl (C=O) groups excluding carboxylic acids is 2. The number of carbonyl (C=O) groups is 2. The minimum Gasteiger partial charge on any atom is -0.495 e. The van der Waals surface area contributed by atoms with Gasteiger partial charge in [-0.1, -0.05) is 42.5 Å². The molecule has 0 unspecified atom stereocenters. The van der Waals surface area contributed by atoms with E-state index in [9.17, 15) is 9.59 Å². The monoisotopic (exact) mass is 350 g/mol. The van der Waals surface area contributed by atoms with Crippen LogP contribution >= 0.6 is 0 Å². The van der Waals surface area contributed by atoms with Crippen LogP contribution < -0.4 is 9.64 Å². The lowest BCUT2D eigenvalue weighted by Crippen LogP contribution is -2.38. The maximum Gasteiger partial charge on any atom is 0.416 e. The third kappa shape index (κ3) is 2.42. The second-order valence-corrected chi connectivity index (χ2v) is 6.16. The zero-order valence-corrected chi connectivity index (χ0v) is 14.5. The number of benzene rings is 2. The highest BCUT2D eigenvalue weighted by Crippen LogP contribution is 2.38. The van der Waals surface area contributed by atoms with Gasteiger partial charge in [-0.3, -0.25) is 14.3 Å². The first-order valence-electron chi connectivity index (χ1n) is 8.34. The molecule has 4 rings (SSSR count).